The fourth-order valence-corrected chi connectivity index (χ4v) is 4.55. The van der Waals surface area contributed by atoms with E-state index in [1.165, 1.54) is 18.4 Å². The molecule has 3 rings (SSSR count). The first kappa shape index (κ1) is 25.4. The summed E-state index contributed by atoms with van der Waals surface area (Å²) >= 11 is 0. The van der Waals surface area contributed by atoms with Gasteiger partial charge in [0.2, 0.25) is 0 Å². The van der Waals surface area contributed by atoms with E-state index in [4.69, 9.17) is 14.5 Å². The average molecular weight is 530 g/mol. The first-order valence-corrected chi connectivity index (χ1v) is 11.6. The van der Waals surface area contributed by atoms with Crippen LogP contribution < -0.4 is 5.32 Å². The number of guanidine groups is 1. The highest BCUT2D eigenvalue weighted by molar-refractivity contribution is 14.0. The van der Waals surface area contributed by atoms with Crippen LogP contribution in [0.1, 0.15) is 57.4 Å². The third-order valence-corrected chi connectivity index (χ3v) is 6.21. The molecule has 2 saturated heterocycles. The summed E-state index contributed by atoms with van der Waals surface area (Å²) in [5.41, 5.74) is 1.49. The smallest absolute Gasteiger partial charge is 0.193 e. The summed E-state index contributed by atoms with van der Waals surface area (Å²) in [5, 5.41) is 3.51. The van der Waals surface area contributed by atoms with Crippen molar-refractivity contribution < 1.29 is 9.47 Å². The molecule has 0 aliphatic carbocycles. The molecular weight excluding hydrogens is 489 g/mol. The third kappa shape index (κ3) is 7.68. The summed E-state index contributed by atoms with van der Waals surface area (Å²) in [5.74, 6) is 2.41. The normalized spacial score (nSPS) is 23.1. The maximum absolute atomic E-state index is 5.98. The van der Waals surface area contributed by atoms with Crippen LogP contribution in [0.2, 0.25) is 0 Å². The highest BCUT2D eigenvalue weighted by Crippen LogP contribution is 2.34. The molecule has 0 aromatic heterocycles. The van der Waals surface area contributed by atoms with Crippen LogP contribution in [0.25, 0.3) is 0 Å². The number of piperidine rings is 1. The van der Waals surface area contributed by atoms with Crippen LogP contribution in [0.4, 0.5) is 0 Å². The standard InChI is InChI=1S/C24H39N3O2.HI/c1-3-20-19-27(15-11-23(20)21-9-6-5-7-10-21)24(25-4-2)26-14-8-16-29-22-12-17-28-18-13-22;/h5-7,9-10,20,22-23H,3-4,8,11-19H2,1-2H3,(H,25,26);1H. The number of hydrogen-bond acceptors (Lipinski definition) is 3. The Balaban J connectivity index is 0.00000320. The highest BCUT2D eigenvalue weighted by atomic mass is 127. The van der Waals surface area contributed by atoms with Crippen molar-refractivity contribution in [3.8, 4) is 0 Å². The maximum atomic E-state index is 5.98. The van der Waals surface area contributed by atoms with Crippen LogP contribution in [-0.2, 0) is 9.47 Å². The van der Waals surface area contributed by atoms with Gasteiger partial charge in [0.1, 0.15) is 0 Å². The van der Waals surface area contributed by atoms with Gasteiger partial charge in [-0.05, 0) is 50.0 Å². The minimum absolute atomic E-state index is 0. The molecule has 0 spiro atoms. The monoisotopic (exact) mass is 529 g/mol. The Morgan fingerprint density at radius 3 is 2.63 bits per heavy atom. The van der Waals surface area contributed by atoms with Gasteiger partial charge in [-0.15, -0.1) is 24.0 Å². The van der Waals surface area contributed by atoms with Crippen LogP contribution >= 0.6 is 24.0 Å². The van der Waals surface area contributed by atoms with Crippen LogP contribution in [0.5, 0.6) is 0 Å². The van der Waals surface area contributed by atoms with Crippen molar-refractivity contribution in [2.45, 2.75) is 58.0 Å². The molecule has 2 unspecified atom stereocenters. The van der Waals surface area contributed by atoms with Gasteiger partial charge in [0.05, 0.1) is 6.10 Å². The van der Waals surface area contributed by atoms with Crippen LogP contribution in [0.15, 0.2) is 35.3 Å². The predicted molar refractivity (Wildman–Crippen MR) is 135 cm³/mol. The summed E-state index contributed by atoms with van der Waals surface area (Å²) < 4.78 is 11.4. The number of halogens is 1. The zero-order valence-corrected chi connectivity index (χ0v) is 21.1. The summed E-state index contributed by atoms with van der Waals surface area (Å²) in [7, 11) is 0. The van der Waals surface area contributed by atoms with Crippen molar-refractivity contribution in [1.82, 2.24) is 10.2 Å². The molecule has 0 radical (unpaired) electrons. The molecular formula is C24H40IN3O2. The Hall–Kier alpha value is -0.860. The fourth-order valence-electron chi connectivity index (χ4n) is 4.55. The molecule has 170 valence electrons. The second-order valence-electron chi connectivity index (χ2n) is 8.19. The van der Waals surface area contributed by atoms with E-state index in [0.29, 0.717) is 17.9 Å². The second kappa shape index (κ2) is 14.2. The molecule has 2 heterocycles. The Kier molecular flexibility index (Phi) is 12.1. The molecule has 2 aliphatic rings. The van der Waals surface area contributed by atoms with Crippen LogP contribution in [0.3, 0.4) is 0 Å². The Morgan fingerprint density at radius 2 is 1.93 bits per heavy atom. The minimum Gasteiger partial charge on any atom is -0.381 e. The van der Waals surface area contributed by atoms with Gasteiger partial charge in [-0.1, -0.05) is 43.7 Å². The van der Waals surface area contributed by atoms with E-state index >= 15 is 0 Å². The second-order valence-corrected chi connectivity index (χ2v) is 8.19. The zero-order valence-electron chi connectivity index (χ0n) is 18.7. The van der Waals surface area contributed by atoms with Gasteiger partial charge in [0.15, 0.2) is 5.96 Å². The van der Waals surface area contributed by atoms with Crippen LogP contribution in [-0.4, -0.2) is 63.0 Å². The van der Waals surface area contributed by atoms with E-state index in [9.17, 15) is 0 Å². The van der Waals surface area contributed by atoms with Crippen LogP contribution in [0, 0.1) is 5.92 Å². The van der Waals surface area contributed by atoms with Crippen molar-refractivity contribution in [1.29, 1.82) is 0 Å². The molecule has 0 saturated carbocycles. The summed E-state index contributed by atoms with van der Waals surface area (Å²) in [6.07, 6.45) is 5.81. The van der Waals surface area contributed by atoms with Crippen molar-refractivity contribution in [2.75, 3.05) is 46.0 Å². The van der Waals surface area contributed by atoms with Crippen molar-refractivity contribution in [2.24, 2.45) is 10.9 Å². The van der Waals surface area contributed by atoms with Gasteiger partial charge in [0, 0.05) is 46.0 Å². The lowest BCUT2D eigenvalue weighted by Crippen LogP contribution is -2.48. The fraction of sp³-hybridized carbons (Fsp3) is 0.708. The van der Waals surface area contributed by atoms with E-state index in [-0.39, 0.29) is 24.0 Å². The summed E-state index contributed by atoms with van der Waals surface area (Å²) in [6, 6.07) is 11.0. The SMILES string of the molecule is CCNC(=NCCCOC1CCOCC1)N1CCC(c2ccccc2)C(CC)C1.I. The predicted octanol–water partition coefficient (Wildman–Crippen LogP) is 4.67. The Labute approximate surface area is 200 Å². The lowest BCUT2D eigenvalue weighted by molar-refractivity contribution is -0.0318. The van der Waals surface area contributed by atoms with Crippen molar-refractivity contribution in [3.05, 3.63) is 35.9 Å². The van der Waals surface area contributed by atoms with Gasteiger partial charge in [-0.25, -0.2) is 0 Å². The molecule has 1 aromatic rings. The molecule has 1 aromatic carbocycles. The molecule has 5 nitrogen and oxygen atoms in total. The van der Waals surface area contributed by atoms with E-state index in [0.717, 1.165) is 71.2 Å². The summed E-state index contributed by atoms with van der Waals surface area (Å²) in [6.45, 7) is 10.8. The number of ether oxygens (including phenoxy) is 2. The Morgan fingerprint density at radius 1 is 1.17 bits per heavy atom. The van der Waals surface area contributed by atoms with Crippen molar-refractivity contribution in [3.63, 3.8) is 0 Å². The third-order valence-electron chi connectivity index (χ3n) is 6.21. The van der Waals surface area contributed by atoms with Gasteiger partial charge >= 0.3 is 0 Å². The number of benzene rings is 1. The highest BCUT2D eigenvalue weighted by Gasteiger charge is 2.30. The number of likely N-dealkylation sites (tertiary alicyclic amines) is 1. The molecule has 0 bridgehead atoms. The first-order valence-electron chi connectivity index (χ1n) is 11.6. The van der Waals surface area contributed by atoms with Gasteiger partial charge in [-0.3, -0.25) is 4.99 Å². The van der Waals surface area contributed by atoms with E-state index < -0.39 is 0 Å². The lowest BCUT2D eigenvalue weighted by Gasteiger charge is -2.40. The quantitative estimate of drug-likeness (QED) is 0.230. The number of aliphatic imine (C=N–C) groups is 1. The molecule has 0 amide bonds. The minimum atomic E-state index is 0. The van der Waals surface area contributed by atoms with Crippen molar-refractivity contribution >= 4 is 29.9 Å². The molecule has 2 aliphatic heterocycles. The zero-order chi connectivity index (χ0) is 20.3. The summed E-state index contributed by atoms with van der Waals surface area (Å²) in [4.78, 5) is 7.38. The largest absolute Gasteiger partial charge is 0.381 e. The average Bonchev–Trinajstić information content (AvgIpc) is 2.79. The molecule has 30 heavy (non-hydrogen) atoms. The van der Waals surface area contributed by atoms with E-state index in [1.54, 1.807) is 0 Å². The molecule has 1 N–H and O–H groups in total. The lowest BCUT2D eigenvalue weighted by atomic mass is 9.79. The maximum Gasteiger partial charge on any atom is 0.193 e. The van der Waals surface area contributed by atoms with Gasteiger partial charge in [-0.2, -0.15) is 0 Å². The first-order chi connectivity index (χ1) is 14.3. The molecule has 2 atom stereocenters. The number of nitrogens with zero attached hydrogens (tertiary/aromatic N) is 2. The topological polar surface area (TPSA) is 46.1 Å². The van der Waals surface area contributed by atoms with E-state index in [1.807, 2.05) is 0 Å². The van der Waals surface area contributed by atoms with Gasteiger partial charge < -0.3 is 19.7 Å². The number of rotatable bonds is 8. The Bertz CT molecular complexity index is 608. The number of nitrogens with one attached hydrogen (secondary N) is 1. The molecule has 2 fully saturated rings. The van der Waals surface area contributed by atoms with E-state index in [2.05, 4.69) is 54.4 Å². The van der Waals surface area contributed by atoms with Gasteiger partial charge in [0.25, 0.3) is 0 Å². The number of hydrogen-bond donors (Lipinski definition) is 1. The molecule has 6 heteroatoms.